The molecule has 0 aliphatic carbocycles. The van der Waals surface area contributed by atoms with E-state index in [1.54, 1.807) is 29.0 Å². The number of ether oxygens (including phenoxy) is 1. The van der Waals surface area contributed by atoms with Gasteiger partial charge in [-0.15, -0.1) is 0 Å². The molecule has 8 heteroatoms. The molecule has 1 aromatic carbocycles. The fourth-order valence-electron chi connectivity index (χ4n) is 2.64. The lowest BCUT2D eigenvalue weighted by atomic mass is 10.1. The van der Waals surface area contributed by atoms with Gasteiger partial charge in [-0.1, -0.05) is 6.07 Å². The summed E-state index contributed by atoms with van der Waals surface area (Å²) in [6, 6.07) is 5.04. The van der Waals surface area contributed by atoms with Crippen molar-refractivity contribution in [2.45, 2.75) is 13.3 Å². The molecule has 1 heterocycles. The van der Waals surface area contributed by atoms with Crippen LogP contribution in [0.5, 0.6) is 5.75 Å². The van der Waals surface area contributed by atoms with Crippen molar-refractivity contribution in [3.63, 3.8) is 0 Å². The number of nitrogens with zero attached hydrogens (tertiary/aromatic N) is 2. The first-order chi connectivity index (χ1) is 11.9. The number of carbonyl (C=O) groups excluding carboxylic acids is 2. The van der Waals surface area contributed by atoms with Crippen LogP contribution in [0.3, 0.4) is 0 Å². The third kappa shape index (κ3) is 4.85. The molecule has 0 spiro atoms. The number of benzene rings is 1. The fraction of sp³-hybridized carbons (Fsp3) is 0.471. The number of rotatable bonds is 5. The first kappa shape index (κ1) is 18.6. The number of amides is 3. The lowest BCUT2D eigenvalue weighted by molar-refractivity contribution is -0.136. The van der Waals surface area contributed by atoms with Crippen LogP contribution in [0.15, 0.2) is 18.2 Å². The van der Waals surface area contributed by atoms with Gasteiger partial charge in [-0.2, -0.15) is 0 Å². The topological polar surface area (TPSA) is 99.2 Å². The summed E-state index contributed by atoms with van der Waals surface area (Å²) < 4.78 is 5.25. The van der Waals surface area contributed by atoms with Gasteiger partial charge in [0.15, 0.2) is 0 Å². The molecule has 136 valence electrons. The Morgan fingerprint density at radius 1 is 1.16 bits per heavy atom. The number of methoxy groups -OCH3 is 1. The summed E-state index contributed by atoms with van der Waals surface area (Å²) in [6.07, 6.45) is -0.112. The SMILES string of the molecule is COc1cc(C(=O)N2CCN(C(=O)NCCC(=O)O)CC2)ccc1C. The zero-order valence-corrected chi connectivity index (χ0v) is 14.4. The van der Waals surface area contributed by atoms with Gasteiger partial charge in [-0.25, -0.2) is 4.79 Å². The quantitative estimate of drug-likeness (QED) is 0.824. The van der Waals surface area contributed by atoms with Gasteiger partial charge in [0.1, 0.15) is 5.75 Å². The highest BCUT2D eigenvalue weighted by molar-refractivity contribution is 5.95. The van der Waals surface area contributed by atoms with Crippen LogP contribution in [0.2, 0.25) is 0 Å². The summed E-state index contributed by atoms with van der Waals surface area (Å²) in [4.78, 5) is 38.3. The normalized spacial score (nSPS) is 14.2. The van der Waals surface area contributed by atoms with Gasteiger partial charge in [-0.05, 0) is 24.6 Å². The first-order valence-electron chi connectivity index (χ1n) is 8.11. The van der Waals surface area contributed by atoms with E-state index in [0.29, 0.717) is 37.5 Å². The number of hydrogen-bond acceptors (Lipinski definition) is 4. The van der Waals surface area contributed by atoms with E-state index in [-0.39, 0.29) is 24.9 Å². The third-order valence-electron chi connectivity index (χ3n) is 4.12. The number of aryl methyl sites for hydroxylation is 1. The molecule has 0 bridgehead atoms. The second kappa shape index (κ2) is 8.36. The second-order valence-corrected chi connectivity index (χ2v) is 5.84. The van der Waals surface area contributed by atoms with Crippen molar-refractivity contribution in [1.82, 2.24) is 15.1 Å². The van der Waals surface area contributed by atoms with E-state index >= 15 is 0 Å². The van der Waals surface area contributed by atoms with Crippen molar-refractivity contribution < 1.29 is 24.2 Å². The highest BCUT2D eigenvalue weighted by Gasteiger charge is 2.25. The van der Waals surface area contributed by atoms with Gasteiger partial charge in [0, 0.05) is 38.3 Å². The summed E-state index contributed by atoms with van der Waals surface area (Å²) in [5.74, 6) is -0.379. The summed E-state index contributed by atoms with van der Waals surface area (Å²) in [7, 11) is 1.57. The number of hydrogen-bond donors (Lipinski definition) is 2. The third-order valence-corrected chi connectivity index (χ3v) is 4.12. The number of carboxylic acid groups (broad SMARTS) is 1. The molecule has 0 saturated carbocycles. The predicted molar refractivity (Wildman–Crippen MR) is 90.9 cm³/mol. The van der Waals surface area contributed by atoms with Gasteiger partial charge in [0.2, 0.25) is 0 Å². The van der Waals surface area contributed by atoms with E-state index < -0.39 is 5.97 Å². The van der Waals surface area contributed by atoms with Gasteiger partial charge in [0.25, 0.3) is 5.91 Å². The van der Waals surface area contributed by atoms with Crippen LogP contribution in [0.4, 0.5) is 4.79 Å². The Labute approximate surface area is 146 Å². The molecule has 1 aliphatic heterocycles. The Morgan fingerprint density at radius 2 is 1.80 bits per heavy atom. The Balaban J connectivity index is 1.88. The lowest BCUT2D eigenvalue weighted by Gasteiger charge is -2.34. The monoisotopic (exact) mass is 349 g/mol. The number of piperazine rings is 1. The number of nitrogens with one attached hydrogen (secondary N) is 1. The van der Waals surface area contributed by atoms with E-state index in [1.165, 1.54) is 0 Å². The molecule has 1 saturated heterocycles. The van der Waals surface area contributed by atoms with Crippen molar-refractivity contribution >= 4 is 17.9 Å². The summed E-state index contributed by atoms with van der Waals surface area (Å²) in [5, 5.41) is 11.1. The van der Waals surface area contributed by atoms with Gasteiger partial charge in [-0.3, -0.25) is 9.59 Å². The maximum atomic E-state index is 12.6. The molecule has 2 N–H and O–H groups in total. The molecule has 3 amide bonds. The minimum Gasteiger partial charge on any atom is -0.496 e. The number of aliphatic carboxylic acids is 1. The number of carbonyl (C=O) groups is 3. The van der Waals surface area contributed by atoms with Gasteiger partial charge < -0.3 is 25.0 Å². The first-order valence-corrected chi connectivity index (χ1v) is 8.11. The van der Waals surface area contributed by atoms with Crippen LogP contribution in [0.25, 0.3) is 0 Å². The molecule has 0 radical (unpaired) electrons. The molecule has 1 aliphatic rings. The highest BCUT2D eigenvalue weighted by Crippen LogP contribution is 2.20. The van der Waals surface area contributed by atoms with Crippen molar-refractivity contribution in [3.8, 4) is 5.75 Å². The maximum Gasteiger partial charge on any atom is 0.317 e. The maximum absolute atomic E-state index is 12.6. The predicted octanol–water partition coefficient (Wildman–Crippen LogP) is 0.946. The van der Waals surface area contributed by atoms with E-state index in [1.807, 2.05) is 13.0 Å². The molecule has 0 aromatic heterocycles. The van der Waals surface area contributed by atoms with Crippen molar-refractivity contribution in [3.05, 3.63) is 29.3 Å². The largest absolute Gasteiger partial charge is 0.496 e. The van der Waals surface area contributed by atoms with E-state index in [0.717, 1.165) is 5.56 Å². The van der Waals surface area contributed by atoms with Crippen LogP contribution in [-0.4, -0.2) is 72.6 Å². The van der Waals surface area contributed by atoms with E-state index in [4.69, 9.17) is 9.84 Å². The van der Waals surface area contributed by atoms with Crippen LogP contribution in [0.1, 0.15) is 22.3 Å². The molecule has 0 atom stereocenters. The van der Waals surface area contributed by atoms with Crippen molar-refractivity contribution in [1.29, 1.82) is 0 Å². The molecule has 0 unspecified atom stereocenters. The zero-order chi connectivity index (χ0) is 18.4. The van der Waals surface area contributed by atoms with Crippen LogP contribution < -0.4 is 10.1 Å². The Morgan fingerprint density at radius 3 is 2.40 bits per heavy atom. The Kier molecular flexibility index (Phi) is 6.21. The minimum atomic E-state index is -0.954. The molecule has 1 aromatic rings. The number of carboxylic acids is 1. The molecular weight excluding hydrogens is 326 g/mol. The van der Waals surface area contributed by atoms with Crippen LogP contribution in [0, 0.1) is 6.92 Å². The average Bonchev–Trinajstić information content (AvgIpc) is 2.61. The standard InChI is InChI=1S/C17H23N3O5/c1-12-3-4-13(11-14(12)25-2)16(23)19-7-9-20(10-8-19)17(24)18-6-5-15(21)22/h3-4,11H,5-10H2,1-2H3,(H,18,24)(H,21,22). The number of urea groups is 1. The molecule has 1 fully saturated rings. The smallest absolute Gasteiger partial charge is 0.317 e. The van der Waals surface area contributed by atoms with Crippen LogP contribution in [-0.2, 0) is 4.79 Å². The van der Waals surface area contributed by atoms with E-state index in [2.05, 4.69) is 5.32 Å². The molecular formula is C17H23N3O5. The fourth-order valence-corrected chi connectivity index (χ4v) is 2.64. The summed E-state index contributed by atoms with van der Waals surface area (Å²) in [5.41, 5.74) is 1.52. The Hall–Kier alpha value is -2.77. The van der Waals surface area contributed by atoms with E-state index in [9.17, 15) is 14.4 Å². The highest BCUT2D eigenvalue weighted by atomic mass is 16.5. The summed E-state index contributed by atoms with van der Waals surface area (Å²) >= 11 is 0. The molecule has 25 heavy (non-hydrogen) atoms. The van der Waals surface area contributed by atoms with Crippen LogP contribution >= 0.6 is 0 Å². The lowest BCUT2D eigenvalue weighted by Crippen LogP contribution is -2.53. The zero-order valence-electron chi connectivity index (χ0n) is 14.4. The summed E-state index contributed by atoms with van der Waals surface area (Å²) in [6.45, 7) is 3.69. The van der Waals surface area contributed by atoms with Gasteiger partial charge >= 0.3 is 12.0 Å². The van der Waals surface area contributed by atoms with Gasteiger partial charge in [0.05, 0.1) is 13.5 Å². The minimum absolute atomic E-state index is 0.0933. The average molecular weight is 349 g/mol. The molecule has 2 rings (SSSR count). The Bertz CT molecular complexity index is 654. The van der Waals surface area contributed by atoms with Crippen molar-refractivity contribution in [2.75, 3.05) is 39.8 Å². The second-order valence-electron chi connectivity index (χ2n) is 5.84. The van der Waals surface area contributed by atoms with Crippen molar-refractivity contribution in [2.24, 2.45) is 0 Å². The molecule has 8 nitrogen and oxygen atoms in total.